The predicted octanol–water partition coefficient (Wildman–Crippen LogP) is 3.86. The maximum atomic E-state index is 12.5. The third kappa shape index (κ3) is 3.94. The highest BCUT2D eigenvalue weighted by molar-refractivity contribution is 5.28. The van der Waals surface area contributed by atoms with Gasteiger partial charge in [0.05, 0.1) is 17.8 Å². The molecule has 0 bridgehead atoms. The number of methoxy groups -OCH3 is 2. The van der Waals surface area contributed by atoms with Crippen LogP contribution in [0.3, 0.4) is 0 Å². The lowest BCUT2D eigenvalue weighted by atomic mass is 9.89. The highest BCUT2D eigenvalue weighted by atomic mass is 19.4. The summed E-state index contributed by atoms with van der Waals surface area (Å²) in [6.07, 6.45) is -4.60. The minimum absolute atomic E-state index is 0.114. The lowest BCUT2D eigenvalue weighted by Gasteiger charge is -2.28. The zero-order valence-corrected chi connectivity index (χ0v) is 11.5. The van der Waals surface area contributed by atoms with Crippen molar-refractivity contribution in [2.75, 3.05) is 14.2 Å². The first-order valence-electron chi connectivity index (χ1n) is 6.04. The van der Waals surface area contributed by atoms with Crippen LogP contribution in [0.4, 0.5) is 13.2 Å². The zero-order chi connectivity index (χ0) is 14.6. The van der Waals surface area contributed by atoms with E-state index in [2.05, 4.69) is 0 Å². The Hall–Kier alpha value is -1.07. The summed E-state index contributed by atoms with van der Waals surface area (Å²) in [5.74, 6) is -0.114. The van der Waals surface area contributed by atoms with Crippen molar-refractivity contribution in [3.63, 3.8) is 0 Å². The molecule has 0 aliphatic heterocycles. The molecule has 108 valence electrons. The molecule has 0 heterocycles. The second-order valence-electron chi connectivity index (χ2n) is 4.53. The number of hydrogen-bond donors (Lipinski definition) is 0. The lowest BCUT2D eigenvalue weighted by molar-refractivity contribution is -0.137. The lowest BCUT2D eigenvalue weighted by Crippen LogP contribution is -2.28. The Morgan fingerprint density at radius 3 is 1.63 bits per heavy atom. The van der Waals surface area contributed by atoms with Gasteiger partial charge in [0.15, 0.2) is 0 Å². The van der Waals surface area contributed by atoms with Gasteiger partial charge < -0.3 is 9.47 Å². The fraction of sp³-hybridized carbons (Fsp3) is 0.571. The molecule has 0 N–H and O–H groups in total. The molecule has 2 atom stereocenters. The van der Waals surface area contributed by atoms with Crippen LogP contribution in [0.5, 0.6) is 0 Å². The van der Waals surface area contributed by atoms with Crippen molar-refractivity contribution < 1.29 is 22.6 Å². The van der Waals surface area contributed by atoms with Crippen LogP contribution in [-0.2, 0) is 15.7 Å². The molecule has 0 aliphatic carbocycles. The summed E-state index contributed by atoms with van der Waals surface area (Å²) in [5.41, 5.74) is 0.127. The second kappa shape index (κ2) is 6.39. The number of ether oxygens (including phenoxy) is 2. The fourth-order valence-electron chi connectivity index (χ4n) is 2.11. The van der Waals surface area contributed by atoms with Gasteiger partial charge >= 0.3 is 6.18 Å². The first-order chi connectivity index (χ1) is 8.81. The number of alkyl halides is 3. The van der Waals surface area contributed by atoms with E-state index in [9.17, 15) is 13.2 Å². The summed E-state index contributed by atoms with van der Waals surface area (Å²) < 4.78 is 48.1. The minimum Gasteiger partial charge on any atom is -0.381 e. The van der Waals surface area contributed by atoms with Crippen molar-refractivity contribution in [1.82, 2.24) is 0 Å². The van der Waals surface area contributed by atoms with Crippen LogP contribution in [0.15, 0.2) is 24.3 Å². The van der Waals surface area contributed by atoms with Crippen molar-refractivity contribution >= 4 is 0 Å². The van der Waals surface area contributed by atoms with Gasteiger partial charge in [-0.05, 0) is 31.5 Å². The van der Waals surface area contributed by atoms with E-state index in [1.165, 1.54) is 12.1 Å². The molecule has 1 aromatic rings. The standard InChI is InChI=1S/C14H19F3O2/c1-9(18-3)13(10(2)19-4)11-5-7-12(8-6-11)14(15,16)17/h5-10,13H,1-4H3. The van der Waals surface area contributed by atoms with Crippen LogP contribution in [0, 0.1) is 0 Å². The first kappa shape index (κ1) is 16.0. The van der Waals surface area contributed by atoms with Gasteiger partial charge in [-0.2, -0.15) is 13.2 Å². The Morgan fingerprint density at radius 1 is 0.895 bits per heavy atom. The quantitative estimate of drug-likeness (QED) is 0.813. The molecule has 0 spiro atoms. The molecule has 0 aliphatic rings. The van der Waals surface area contributed by atoms with E-state index in [4.69, 9.17) is 9.47 Å². The third-order valence-corrected chi connectivity index (χ3v) is 3.38. The molecule has 0 radical (unpaired) electrons. The molecular formula is C14H19F3O2. The maximum Gasteiger partial charge on any atom is 0.416 e. The molecule has 5 heteroatoms. The summed E-state index contributed by atoms with van der Waals surface area (Å²) in [5, 5.41) is 0. The van der Waals surface area contributed by atoms with Crippen molar-refractivity contribution in [2.45, 2.75) is 38.1 Å². The number of hydrogen-bond acceptors (Lipinski definition) is 2. The van der Waals surface area contributed by atoms with Gasteiger partial charge in [0.1, 0.15) is 0 Å². The molecule has 0 fully saturated rings. The molecule has 1 aromatic carbocycles. The molecule has 1 rings (SSSR count). The van der Waals surface area contributed by atoms with Crippen molar-refractivity contribution in [2.24, 2.45) is 0 Å². The van der Waals surface area contributed by atoms with E-state index in [0.717, 1.165) is 17.7 Å². The average molecular weight is 276 g/mol. The van der Waals surface area contributed by atoms with E-state index >= 15 is 0 Å². The minimum atomic E-state index is -4.31. The van der Waals surface area contributed by atoms with Gasteiger partial charge in [-0.15, -0.1) is 0 Å². The molecule has 0 saturated carbocycles. The Kier molecular flexibility index (Phi) is 5.38. The summed E-state index contributed by atoms with van der Waals surface area (Å²) in [7, 11) is 3.15. The van der Waals surface area contributed by atoms with Crippen LogP contribution >= 0.6 is 0 Å². The van der Waals surface area contributed by atoms with E-state index in [1.807, 2.05) is 13.8 Å². The molecular weight excluding hydrogens is 257 g/mol. The third-order valence-electron chi connectivity index (χ3n) is 3.38. The van der Waals surface area contributed by atoms with Crippen LogP contribution in [0.1, 0.15) is 30.9 Å². The van der Waals surface area contributed by atoms with Gasteiger partial charge in [0.25, 0.3) is 0 Å². The van der Waals surface area contributed by atoms with Gasteiger partial charge in [-0.3, -0.25) is 0 Å². The molecule has 19 heavy (non-hydrogen) atoms. The second-order valence-corrected chi connectivity index (χ2v) is 4.53. The monoisotopic (exact) mass is 276 g/mol. The SMILES string of the molecule is COC(C)C(c1ccc(C(F)(F)F)cc1)C(C)OC. The van der Waals surface area contributed by atoms with Crippen LogP contribution in [0.2, 0.25) is 0 Å². The summed E-state index contributed by atoms with van der Waals surface area (Å²) in [6.45, 7) is 3.75. The number of benzene rings is 1. The zero-order valence-electron chi connectivity index (χ0n) is 11.5. The van der Waals surface area contributed by atoms with Gasteiger partial charge in [-0.25, -0.2) is 0 Å². The molecule has 0 amide bonds. The van der Waals surface area contributed by atoms with Crippen molar-refractivity contribution in [1.29, 1.82) is 0 Å². The van der Waals surface area contributed by atoms with E-state index in [1.54, 1.807) is 14.2 Å². The predicted molar refractivity (Wildman–Crippen MR) is 67.1 cm³/mol. The largest absolute Gasteiger partial charge is 0.416 e. The Morgan fingerprint density at radius 2 is 1.32 bits per heavy atom. The Balaban J connectivity index is 3.04. The van der Waals surface area contributed by atoms with Crippen LogP contribution < -0.4 is 0 Å². The van der Waals surface area contributed by atoms with Gasteiger partial charge in [-0.1, -0.05) is 12.1 Å². The Labute approximate surface area is 111 Å². The van der Waals surface area contributed by atoms with Crippen LogP contribution in [0.25, 0.3) is 0 Å². The normalized spacial score (nSPS) is 17.0. The van der Waals surface area contributed by atoms with Gasteiger partial charge in [0, 0.05) is 20.1 Å². The smallest absolute Gasteiger partial charge is 0.381 e. The highest BCUT2D eigenvalue weighted by Gasteiger charge is 2.31. The average Bonchev–Trinajstić information content (AvgIpc) is 2.38. The number of halogens is 3. The van der Waals surface area contributed by atoms with Crippen LogP contribution in [-0.4, -0.2) is 26.4 Å². The van der Waals surface area contributed by atoms with E-state index < -0.39 is 11.7 Å². The topological polar surface area (TPSA) is 18.5 Å². The van der Waals surface area contributed by atoms with Crippen molar-refractivity contribution in [3.8, 4) is 0 Å². The molecule has 0 aromatic heterocycles. The Bertz CT molecular complexity index is 377. The van der Waals surface area contributed by atoms with E-state index in [0.29, 0.717) is 0 Å². The number of rotatable bonds is 5. The molecule has 2 unspecified atom stereocenters. The highest BCUT2D eigenvalue weighted by Crippen LogP contribution is 2.32. The molecule has 2 nitrogen and oxygen atoms in total. The summed E-state index contributed by atoms with van der Waals surface area (Å²) >= 11 is 0. The maximum absolute atomic E-state index is 12.5. The summed E-state index contributed by atoms with van der Waals surface area (Å²) in [6, 6.07) is 5.15. The fourth-order valence-corrected chi connectivity index (χ4v) is 2.11. The molecule has 0 saturated heterocycles. The van der Waals surface area contributed by atoms with E-state index in [-0.39, 0.29) is 18.1 Å². The van der Waals surface area contributed by atoms with Crippen molar-refractivity contribution in [3.05, 3.63) is 35.4 Å². The van der Waals surface area contributed by atoms with Gasteiger partial charge in [0.2, 0.25) is 0 Å². The first-order valence-corrected chi connectivity index (χ1v) is 6.04. The summed E-state index contributed by atoms with van der Waals surface area (Å²) in [4.78, 5) is 0.